The zero-order valence-corrected chi connectivity index (χ0v) is 20.1. The molecule has 2 amide bonds. The van der Waals surface area contributed by atoms with Gasteiger partial charge in [0.15, 0.2) is 0 Å². The zero-order valence-electron chi connectivity index (χ0n) is 19.3. The van der Waals surface area contributed by atoms with Crippen LogP contribution in [0.15, 0.2) is 28.4 Å². The summed E-state index contributed by atoms with van der Waals surface area (Å²) in [5.41, 5.74) is 2.45. The summed E-state index contributed by atoms with van der Waals surface area (Å²) in [4.78, 5) is 35.1. The van der Waals surface area contributed by atoms with E-state index in [2.05, 4.69) is 39.0 Å². The van der Waals surface area contributed by atoms with Crippen LogP contribution in [0.3, 0.4) is 0 Å². The van der Waals surface area contributed by atoms with Crippen LogP contribution in [0.2, 0.25) is 0 Å². The van der Waals surface area contributed by atoms with Gasteiger partial charge in [0.1, 0.15) is 11.4 Å². The van der Waals surface area contributed by atoms with Crippen LogP contribution in [-0.4, -0.2) is 69.7 Å². The highest BCUT2D eigenvalue weighted by molar-refractivity contribution is 8.01. The summed E-state index contributed by atoms with van der Waals surface area (Å²) < 4.78 is 0. The number of nitrogens with zero attached hydrogens (tertiary/aromatic N) is 3. The van der Waals surface area contributed by atoms with E-state index in [0.717, 1.165) is 83.4 Å². The zero-order chi connectivity index (χ0) is 22.2. The Hall–Kier alpha value is -1.76. The molecule has 5 fully saturated rings. The first-order chi connectivity index (χ1) is 16.1. The molecule has 4 heterocycles. The normalized spacial score (nSPS) is 36.6. The predicted molar refractivity (Wildman–Crippen MR) is 130 cm³/mol. The number of likely N-dealkylation sites (tertiary alicyclic amines) is 1. The summed E-state index contributed by atoms with van der Waals surface area (Å²) >= 11 is 2.07. The van der Waals surface area contributed by atoms with Crippen LogP contribution < -0.4 is 5.32 Å². The summed E-state index contributed by atoms with van der Waals surface area (Å²) in [7, 11) is 0. The van der Waals surface area contributed by atoms with Gasteiger partial charge >= 0.3 is 0 Å². The maximum absolute atomic E-state index is 13.4. The molecule has 4 atom stereocenters. The molecule has 0 aromatic rings. The van der Waals surface area contributed by atoms with E-state index in [-0.39, 0.29) is 11.8 Å². The Morgan fingerprint density at radius 2 is 2.09 bits per heavy atom. The van der Waals surface area contributed by atoms with Crippen LogP contribution in [0.1, 0.15) is 57.8 Å². The predicted octanol–water partition coefficient (Wildman–Crippen LogP) is 3.11. The van der Waals surface area contributed by atoms with E-state index < -0.39 is 5.54 Å². The van der Waals surface area contributed by atoms with Crippen molar-refractivity contribution in [3.63, 3.8) is 0 Å². The molecule has 3 unspecified atom stereocenters. The SMILES string of the molecule is O=C(C1CC1)N1CC[C@@H](CN2C(=O)C3(CC3)N=C2C2CCC(C3C=C4CCNC4=CC3)S2)C1. The number of nitrogens with one attached hydrogen (secondary N) is 1. The second-order valence-corrected chi connectivity index (χ2v) is 12.7. The number of thioether (sulfide) groups is 1. The Morgan fingerprint density at radius 3 is 2.91 bits per heavy atom. The van der Waals surface area contributed by atoms with Gasteiger partial charge in [0.25, 0.3) is 5.91 Å². The molecule has 176 valence electrons. The Bertz CT molecular complexity index is 979. The fraction of sp³-hybridized carbons (Fsp3) is 0.731. The minimum absolute atomic E-state index is 0.248. The van der Waals surface area contributed by atoms with Gasteiger partial charge in [0.2, 0.25) is 5.91 Å². The van der Waals surface area contributed by atoms with E-state index in [1.807, 2.05) is 0 Å². The second-order valence-electron chi connectivity index (χ2n) is 11.3. The number of amidine groups is 1. The Morgan fingerprint density at radius 1 is 1.21 bits per heavy atom. The van der Waals surface area contributed by atoms with Crippen molar-refractivity contribution >= 4 is 29.4 Å². The minimum Gasteiger partial charge on any atom is -0.385 e. The first-order valence-corrected chi connectivity index (χ1v) is 14.0. The summed E-state index contributed by atoms with van der Waals surface area (Å²) in [5, 5.41) is 4.46. The summed E-state index contributed by atoms with van der Waals surface area (Å²) in [6, 6.07) is 0. The molecule has 0 aromatic carbocycles. The molecule has 1 N–H and O–H groups in total. The van der Waals surface area contributed by atoms with Crippen molar-refractivity contribution < 1.29 is 9.59 Å². The molecular formula is C26H34N4O2S. The molecule has 3 saturated heterocycles. The van der Waals surface area contributed by atoms with Gasteiger partial charge in [-0.3, -0.25) is 19.5 Å². The molecule has 0 bridgehead atoms. The van der Waals surface area contributed by atoms with Crippen LogP contribution in [0, 0.1) is 17.8 Å². The van der Waals surface area contributed by atoms with Gasteiger partial charge < -0.3 is 10.2 Å². The highest BCUT2D eigenvalue weighted by Gasteiger charge is 2.59. The lowest BCUT2D eigenvalue weighted by molar-refractivity contribution is -0.131. The van der Waals surface area contributed by atoms with Crippen molar-refractivity contribution in [2.75, 3.05) is 26.2 Å². The summed E-state index contributed by atoms with van der Waals surface area (Å²) in [6.45, 7) is 3.51. The van der Waals surface area contributed by atoms with Gasteiger partial charge in [-0.1, -0.05) is 12.2 Å². The molecule has 0 aromatic heterocycles. The van der Waals surface area contributed by atoms with Gasteiger partial charge in [-0.05, 0) is 75.2 Å². The van der Waals surface area contributed by atoms with Crippen molar-refractivity contribution in [1.29, 1.82) is 0 Å². The molecule has 1 spiro atoms. The molecule has 4 aliphatic heterocycles. The Labute approximate surface area is 200 Å². The summed E-state index contributed by atoms with van der Waals surface area (Å²) in [6.07, 6.45) is 14.5. The molecule has 3 aliphatic carbocycles. The lowest BCUT2D eigenvalue weighted by atomic mass is 9.89. The highest BCUT2D eigenvalue weighted by Crippen LogP contribution is 2.50. The molecule has 33 heavy (non-hydrogen) atoms. The number of aliphatic imine (C=N–C) groups is 1. The lowest BCUT2D eigenvalue weighted by Gasteiger charge is -2.27. The molecule has 2 saturated carbocycles. The van der Waals surface area contributed by atoms with E-state index >= 15 is 0 Å². The average molecular weight is 467 g/mol. The first kappa shape index (κ1) is 20.6. The van der Waals surface area contributed by atoms with Crippen molar-refractivity contribution in [2.24, 2.45) is 22.7 Å². The van der Waals surface area contributed by atoms with Gasteiger partial charge in [-0.25, -0.2) is 0 Å². The lowest BCUT2D eigenvalue weighted by Crippen LogP contribution is -2.43. The molecule has 0 radical (unpaired) electrons. The fourth-order valence-electron chi connectivity index (χ4n) is 6.54. The van der Waals surface area contributed by atoms with Gasteiger partial charge in [0.05, 0.1) is 5.25 Å². The topological polar surface area (TPSA) is 65.0 Å². The van der Waals surface area contributed by atoms with Crippen LogP contribution in [0.4, 0.5) is 0 Å². The number of hydrogen-bond acceptors (Lipinski definition) is 5. The minimum atomic E-state index is -0.421. The highest BCUT2D eigenvalue weighted by atomic mass is 32.2. The number of hydrogen-bond donors (Lipinski definition) is 1. The van der Waals surface area contributed by atoms with E-state index in [4.69, 9.17) is 4.99 Å². The standard InChI is InChI=1S/C26H34N4O2S/c31-24(17-1-2-17)29-12-8-16(14-29)15-30-23(28-26(9-10-26)25(30)32)22-6-5-21(33-22)19-3-4-20-18(13-19)7-11-27-20/h4,13,16-17,19,21-22,27H,1-3,5-12,14-15H2/t16-,19?,21?,22?/m1/s1. The maximum atomic E-state index is 13.4. The molecule has 7 rings (SSSR count). The van der Waals surface area contributed by atoms with Crippen LogP contribution in [0.5, 0.6) is 0 Å². The Kier molecular flexibility index (Phi) is 4.76. The van der Waals surface area contributed by atoms with E-state index in [9.17, 15) is 9.59 Å². The van der Waals surface area contributed by atoms with Crippen molar-refractivity contribution in [3.8, 4) is 0 Å². The number of carbonyl (C=O) groups excluding carboxylic acids is 2. The van der Waals surface area contributed by atoms with E-state index in [1.165, 1.54) is 17.7 Å². The number of allylic oxidation sites excluding steroid dienone is 3. The van der Waals surface area contributed by atoms with E-state index in [1.54, 1.807) is 0 Å². The molecule has 7 aliphatic rings. The van der Waals surface area contributed by atoms with Crippen LogP contribution in [0.25, 0.3) is 0 Å². The van der Waals surface area contributed by atoms with Crippen molar-refractivity contribution in [1.82, 2.24) is 15.1 Å². The molecular weight excluding hydrogens is 432 g/mol. The number of rotatable bonds is 5. The molecule has 7 heteroatoms. The summed E-state index contributed by atoms with van der Waals surface area (Å²) in [5.74, 6) is 2.95. The average Bonchev–Trinajstić information content (AvgIpc) is 3.59. The smallest absolute Gasteiger partial charge is 0.255 e. The van der Waals surface area contributed by atoms with Crippen molar-refractivity contribution in [2.45, 2.75) is 73.8 Å². The quantitative estimate of drug-likeness (QED) is 0.676. The third-order valence-electron chi connectivity index (χ3n) is 8.82. The number of fused-ring (bicyclic) bond motifs is 1. The largest absolute Gasteiger partial charge is 0.385 e. The third-order valence-corrected chi connectivity index (χ3v) is 10.5. The first-order valence-electron chi connectivity index (χ1n) is 13.1. The third kappa shape index (κ3) is 3.57. The van der Waals surface area contributed by atoms with Crippen molar-refractivity contribution in [3.05, 3.63) is 23.4 Å². The van der Waals surface area contributed by atoms with Gasteiger partial charge in [0, 0.05) is 43.0 Å². The monoisotopic (exact) mass is 466 g/mol. The Balaban J connectivity index is 1.03. The van der Waals surface area contributed by atoms with E-state index in [0.29, 0.717) is 28.2 Å². The molecule has 6 nitrogen and oxygen atoms in total. The van der Waals surface area contributed by atoms with Crippen LogP contribution in [-0.2, 0) is 9.59 Å². The fourth-order valence-corrected chi connectivity index (χ4v) is 8.20. The van der Waals surface area contributed by atoms with Gasteiger partial charge in [-0.15, -0.1) is 11.8 Å². The maximum Gasteiger partial charge on any atom is 0.255 e. The number of carbonyl (C=O) groups is 2. The second kappa shape index (κ2) is 7.62. The number of amides is 2. The van der Waals surface area contributed by atoms with Crippen LogP contribution >= 0.6 is 11.8 Å². The van der Waals surface area contributed by atoms with Gasteiger partial charge in [-0.2, -0.15) is 0 Å².